The number of carbonyl (C=O) groups excluding carboxylic acids is 2. The number of amides is 1. The van der Waals surface area contributed by atoms with Crippen molar-refractivity contribution in [3.8, 4) is 17.2 Å². The van der Waals surface area contributed by atoms with Gasteiger partial charge in [0.15, 0.2) is 6.10 Å². The van der Waals surface area contributed by atoms with Gasteiger partial charge in [0, 0.05) is 5.69 Å². The number of para-hydroxylation sites is 1. The fourth-order valence-electron chi connectivity index (χ4n) is 2.39. The summed E-state index contributed by atoms with van der Waals surface area (Å²) in [4.78, 5) is 24.3. The fraction of sp³-hybridized carbons (Fsp3) is 0.0909. The number of carbonyl (C=O) groups is 2. The van der Waals surface area contributed by atoms with Gasteiger partial charge in [-0.05, 0) is 61.5 Å². The molecule has 0 radical (unpaired) electrons. The fourth-order valence-corrected chi connectivity index (χ4v) is 2.39. The molecule has 3 aromatic carbocycles. The van der Waals surface area contributed by atoms with Gasteiger partial charge in [-0.3, -0.25) is 4.79 Å². The Labute approximate surface area is 162 Å². The van der Waals surface area contributed by atoms with Crippen LogP contribution in [0.3, 0.4) is 0 Å². The van der Waals surface area contributed by atoms with E-state index < -0.39 is 18.0 Å². The van der Waals surface area contributed by atoms with Crippen molar-refractivity contribution in [3.05, 3.63) is 84.4 Å². The van der Waals surface area contributed by atoms with E-state index in [1.807, 2.05) is 30.3 Å². The van der Waals surface area contributed by atoms with Gasteiger partial charge in [0.05, 0.1) is 5.56 Å². The minimum absolute atomic E-state index is 0.0515. The number of phenols is 1. The molecular weight excluding hydrogens is 358 g/mol. The number of hydrogen-bond donors (Lipinski definition) is 2. The van der Waals surface area contributed by atoms with Crippen molar-refractivity contribution in [1.82, 2.24) is 0 Å². The van der Waals surface area contributed by atoms with E-state index in [4.69, 9.17) is 9.47 Å². The standard InChI is InChI=1S/C22H19NO5/c1-15(27-22(26)16-6-5-7-18(24)14-16)21(25)23-17-10-12-20(13-11-17)28-19-8-3-2-4-9-19/h2-15,24H,1H3,(H,23,25)/t15-/m1/s1. The second-order valence-corrected chi connectivity index (χ2v) is 6.03. The highest BCUT2D eigenvalue weighted by atomic mass is 16.5. The van der Waals surface area contributed by atoms with Crippen LogP contribution in [0, 0.1) is 0 Å². The Balaban J connectivity index is 1.55. The molecule has 0 saturated heterocycles. The highest BCUT2D eigenvalue weighted by Gasteiger charge is 2.19. The van der Waals surface area contributed by atoms with Crippen LogP contribution in [0.25, 0.3) is 0 Å². The van der Waals surface area contributed by atoms with Crippen molar-refractivity contribution in [1.29, 1.82) is 0 Å². The molecule has 142 valence electrons. The molecule has 0 spiro atoms. The highest BCUT2D eigenvalue weighted by molar-refractivity contribution is 5.97. The molecule has 0 aliphatic rings. The van der Waals surface area contributed by atoms with Gasteiger partial charge in [-0.1, -0.05) is 24.3 Å². The van der Waals surface area contributed by atoms with Crippen molar-refractivity contribution in [2.24, 2.45) is 0 Å². The summed E-state index contributed by atoms with van der Waals surface area (Å²) in [5.41, 5.74) is 0.715. The third-order valence-electron chi connectivity index (χ3n) is 3.84. The average Bonchev–Trinajstić information content (AvgIpc) is 2.70. The maximum atomic E-state index is 12.3. The molecule has 6 nitrogen and oxygen atoms in total. The Hall–Kier alpha value is -3.80. The number of esters is 1. The van der Waals surface area contributed by atoms with E-state index in [-0.39, 0.29) is 11.3 Å². The molecular formula is C22H19NO5. The first kappa shape index (κ1) is 19.0. The summed E-state index contributed by atoms with van der Waals surface area (Å²) >= 11 is 0. The second-order valence-electron chi connectivity index (χ2n) is 6.03. The van der Waals surface area contributed by atoms with Crippen LogP contribution in [0.5, 0.6) is 17.2 Å². The lowest BCUT2D eigenvalue weighted by Gasteiger charge is -2.14. The zero-order chi connectivity index (χ0) is 19.9. The number of aromatic hydroxyl groups is 1. The van der Waals surface area contributed by atoms with E-state index >= 15 is 0 Å². The number of phenolic OH excluding ortho intramolecular Hbond substituents is 1. The topological polar surface area (TPSA) is 84.9 Å². The summed E-state index contributed by atoms with van der Waals surface area (Å²) in [6, 6.07) is 21.9. The molecule has 0 saturated carbocycles. The van der Waals surface area contributed by atoms with Crippen LogP contribution in [0.2, 0.25) is 0 Å². The Morgan fingerprint density at radius 2 is 1.57 bits per heavy atom. The first-order valence-electron chi connectivity index (χ1n) is 8.65. The molecule has 0 aromatic heterocycles. The van der Waals surface area contributed by atoms with Gasteiger partial charge in [-0.2, -0.15) is 0 Å². The largest absolute Gasteiger partial charge is 0.508 e. The monoisotopic (exact) mass is 377 g/mol. The Kier molecular flexibility index (Phi) is 5.91. The summed E-state index contributed by atoms with van der Waals surface area (Å²) in [5.74, 6) is 0.138. The summed E-state index contributed by atoms with van der Waals surface area (Å²) < 4.78 is 10.8. The highest BCUT2D eigenvalue weighted by Crippen LogP contribution is 2.22. The molecule has 1 atom stereocenters. The normalized spacial score (nSPS) is 11.3. The molecule has 6 heteroatoms. The van der Waals surface area contributed by atoms with E-state index in [1.54, 1.807) is 24.3 Å². The number of ether oxygens (including phenoxy) is 2. The van der Waals surface area contributed by atoms with Gasteiger partial charge in [-0.25, -0.2) is 4.79 Å². The van der Waals surface area contributed by atoms with Crippen LogP contribution < -0.4 is 10.1 Å². The van der Waals surface area contributed by atoms with E-state index in [1.165, 1.54) is 31.2 Å². The predicted octanol–water partition coefficient (Wildman–Crippen LogP) is 4.37. The van der Waals surface area contributed by atoms with E-state index in [0.29, 0.717) is 17.2 Å². The zero-order valence-electron chi connectivity index (χ0n) is 15.2. The Morgan fingerprint density at radius 1 is 0.893 bits per heavy atom. The smallest absolute Gasteiger partial charge is 0.339 e. The van der Waals surface area contributed by atoms with E-state index in [2.05, 4.69) is 5.32 Å². The molecule has 0 bridgehead atoms. The number of benzene rings is 3. The lowest BCUT2D eigenvalue weighted by molar-refractivity contribution is -0.123. The molecule has 2 N–H and O–H groups in total. The summed E-state index contributed by atoms with van der Waals surface area (Å²) in [5, 5.41) is 12.1. The third kappa shape index (κ3) is 5.11. The Bertz CT molecular complexity index is 954. The summed E-state index contributed by atoms with van der Waals surface area (Å²) in [6.45, 7) is 1.48. The van der Waals surface area contributed by atoms with Crippen LogP contribution in [-0.4, -0.2) is 23.1 Å². The second kappa shape index (κ2) is 8.73. The minimum Gasteiger partial charge on any atom is -0.508 e. The number of rotatable bonds is 6. The zero-order valence-corrected chi connectivity index (χ0v) is 15.2. The molecule has 0 heterocycles. The van der Waals surface area contributed by atoms with Crippen molar-refractivity contribution in [3.63, 3.8) is 0 Å². The molecule has 3 aromatic rings. The van der Waals surface area contributed by atoms with Gasteiger partial charge in [0.25, 0.3) is 5.91 Å². The minimum atomic E-state index is -1.00. The van der Waals surface area contributed by atoms with Crippen molar-refractivity contribution >= 4 is 17.6 Å². The van der Waals surface area contributed by atoms with Crippen molar-refractivity contribution in [2.45, 2.75) is 13.0 Å². The van der Waals surface area contributed by atoms with Crippen molar-refractivity contribution in [2.75, 3.05) is 5.32 Å². The van der Waals surface area contributed by atoms with Crippen LogP contribution in [0.4, 0.5) is 5.69 Å². The van der Waals surface area contributed by atoms with E-state index in [9.17, 15) is 14.7 Å². The average molecular weight is 377 g/mol. The lowest BCUT2D eigenvalue weighted by Crippen LogP contribution is -2.29. The molecule has 0 aliphatic heterocycles. The summed E-state index contributed by atoms with van der Waals surface area (Å²) in [6.07, 6.45) is -1.00. The SMILES string of the molecule is C[C@@H](OC(=O)c1cccc(O)c1)C(=O)Nc1ccc(Oc2ccccc2)cc1. The molecule has 0 unspecified atom stereocenters. The predicted molar refractivity (Wildman–Crippen MR) is 105 cm³/mol. The molecule has 0 aliphatic carbocycles. The van der Waals surface area contributed by atoms with Gasteiger partial charge in [-0.15, -0.1) is 0 Å². The maximum Gasteiger partial charge on any atom is 0.339 e. The number of hydrogen-bond acceptors (Lipinski definition) is 5. The van der Waals surface area contributed by atoms with Gasteiger partial charge in [0.2, 0.25) is 0 Å². The van der Waals surface area contributed by atoms with Gasteiger partial charge >= 0.3 is 5.97 Å². The molecule has 0 fully saturated rings. The van der Waals surface area contributed by atoms with Crippen LogP contribution >= 0.6 is 0 Å². The summed E-state index contributed by atoms with van der Waals surface area (Å²) in [7, 11) is 0. The Morgan fingerprint density at radius 3 is 2.25 bits per heavy atom. The lowest BCUT2D eigenvalue weighted by atomic mass is 10.2. The molecule has 3 rings (SSSR count). The third-order valence-corrected chi connectivity index (χ3v) is 3.84. The molecule has 1 amide bonds. The van der Waals surface area contributed by atoms with Crippen LogP contribution in [-0.2, 0) is 9.53 Å². The van der Waals surface area contributed by atoms with Gasteiger partial charge < -0.3 is 19.9 Å². The van der Waals surface area contributed by atoms with Crippen LogP contribution in [0.15, 0.2) is 78.9 Å². The quantitative estimate of drug-likeness (QED) is 0.623. The number of nitrogens with one attached hydrogen (secondary N) is 1. The number of anilines is 1. The van der Waals surface area contributed by atoms with E-state index in [0.717, 1.165) is 0 Å². The first-order valence-corrected chi connectivity index (χ1v) is 8.65. The maximum absolute atomic E-state index is 12.3. The van der Waals surface area contributed by atoms with Crippen LogP contribution in [0.1, 0.15) is 17.3 Å². The van der Waals surface area contributed by atoms with Gasteiger partial charge in [0.1, 0.15) is 17.2 Å². The van der Waals surface area contributed by atoms with Crippen molar-refractivity contribution < 1.29 is 24.2 Å². The molecule has 28 heavy (non-hydrogen) atoms. The first-order chi connectivity index (χ1) is 13.5.